The molecule has 45 heavy (non-hydrogen) atoms. The van der Waals surface area contributed by atoms with Crippen molar-refractivity contribution in [1.82, 2.24) is 24.6 Å². The standard InChI is InChI=1S/C33H38N6O5S/c1-21-14-26(15-31(24(21)4)45(41,42)39-10-12-43-13-11-39)33(40)35-18-27-16-30-25(17-34-27)8-9-29(36-30)28-6-5-7-32(37-28)38-19-22(2)44-23(3)20-38/h5-9,14-17,22-23H,10-13,18-20H2,1-4H3,(H,35,40)/t22-,23?/m0/s1. The van der Waals surface area contributed by atoms with Gasteiger partial charge in [-0.3, -0.25) is 9.78 Å². The largest absolute Gasteiger partial charge is 0.379 e. The van der Waals surface area contributed by atoms with Crippen molar-refractivity contribution < 1.29 is 22.7 Å². The molecule has 11 nitrogen and oxygen atoms in total. The molecule has 2 saturated heterocycles. The lowest BCUT2D eigenvalue weighted by Crippen LogP contribution is -2.45. The lowest BCUT2D eigenvalue weighted by molar-refractivity contribution is -0.00545. The molecule has 3 aromatic heterocycles. The Morgan fingerprint density at radius 2 is 1.71 bits per heavy atom. The zero-order valence-electron chi connectivity index (χ0n) is 26.0. The van der Waals surface area contributed by atoms with E-state index in [1.54, 1.807) is 19.2 Å². The highest BCUT2D eigenvalue weighted by Gasteiger charge is 2.29. The topological polar surface area (TPSA) is 127 Å². The van der Waals surface area contributed by atoms with Crippen molar-refractivity contribution in [2.75, 3.05) is 44.3 Å². The Morgan fingerprint density at radius 1 is 0.978 bits per heavy atom. The van der Waals surface area contributed by atoms with Crippen LogP contribution in [-0.4, -0.2) is 85.2 Å². The van der Waals surface area contributed by atoms with E-state index in [1.165, 1.54) is 10.4 Å². The second-order valence-corrected chi connectivity index (χ2v) is 13.6. The van der Waals surface area contributed by atoms with Gasteiger partial charge in [0.15, 0.2) is 0 Å². The van der Waals surface area contributed by atoms with Crippen LogP contribution in [0.4, 0.5) is 5.82 Å². The van der Waals surface area contributed by atoms with Gasteiger partial charge < -0.3 is 19.7 Å². The number of anilines is 1. The van der Waals surface area contributed by atoms with Crippen LogP contribution < -0.4 is 10.2 Å². The third-order valence-electron chi connectivity index (χ3n) is 8.27. The summed E-state index contributed by atoms with van der Waals surface area (Å²) in [6.07, 6.45) is 1.99. The lowest BCUT2D eigenvalue weighted by Gasteiger charge is -2.36. The highest BCUT2D eigenvalue weighted by atomic mass is 32.2. The van der Waals surface area contributed by atoms with Gasteiger partial charge in [-0.15, -0.1) is 0 Å². The van der Waals surface area contributed by atoms with E-state index in [9.17, 15) is 13.2 Å². The zero-order chi connectivity index (χ0) is 31.7. The maximum Gasteiger partial charge on any atom is 0.251 e. The molecule has 12 heteroatoms. The lowest BCUT2D eigenvalue weighted by atomic mass is 10.1. The average molecular weight is 631 g/mol. The number of benzene rings is 1. The van der Waals surface area contributed by atoms with Crippen molar-refractivity contribution in [2.24, 2.45) is 0 Å². The van der Waals surface area contributed by atoms with Gasteiger partial charge in [-0.2, -0.15) is 4.31 Å². The van der Waals surface area contributed by atoms with Gasteiger partial charge in [-0.05, 0) is 81.3 Å². The molecule has 5 heterocycles. The molecule has 0 bridgehead atoms. The number of carbonyl (C=O) groups excluding carboxylic acids is 1. The van der Waals surface area contributed by atoms with Crippen molar-refractivity contribution in [1.29, 1.82) is 0 Å². The fraction of sp³-hybridized carbons (Fsp3) is 0.394. The Morgan fingerprint density at radius 3 is 2.47 bits per heavy atom. The number of hydrogen-bond donors (Lipinski definition) is 1. The summed E-state index contributed by atoms with van der Waals surface area (Å²) in [5, 5.41) is 3.76. The van der Waals surface area contributed by atoms with Gasteiger partial charge in [0.1, 0.15) is 5.82 Å². The molecule has 1 aromatic carbocycles. The Labute approximate surface area is 263 Å². The number of carbonyl (C=O) groups is 1. The zero-order valence-corrected chi connectivity index (χ0v) is 26.8. The summed E-state index contributed by atoms with van der Waals surface area (Å²) in [5.74, 6) is 0.509. The molecule has 2 atom stereocenters. The summed E-state index contributed by atoms with van der Waals surface area (Å²) in [7, 11) is -3.76. The third-order valence-corrected chi connectivity index (χ3v) is 10.3. The van der Waals surface area contributed by atoms with Gasteiger partial charge in [-0.1, -0.05) is 6.07 Å². The molecule has 236 valence electrons. The van der Waals surface area contributed by atoms with Gasteiger partial charge in [0.25, 0.3) is 5.91 Å². The second kappa shape index (κ2) is 12.8. The molecule has 4 aromatic rings. The summed E-state index contributed by atoms with van der Waals surface area (Å²) in [4.78, 5) is 29.9. The van der Waals surface area contributed by atoms with Crippen LogP contribution in [0.15, 0.2) is 59.6 Å². The minimum absolute atomic E-state index is 0.129. The molecule has 2 aliphatic heterocycles. The van der Waals surface area contributed by atoms with E-state index < -0.39 is 10.0 Å². The van der Waals surface area contributed by atoms with Gasteiger partial charge in [0.05, 0.1) is 59.5 Å². The number of amides is 1. The number of hydrogen-bond acceptors (Lipinski definition) is 9. The first-order valence-corrected chi connectivity index (χ1v) is 16.6. The number of nitrogens with zero attached hydrogens (tertiary/aromatic N) is 5. The van der Waals surface area contributed by atoms with E-state index in [-0.39, 0.29) is 48.2 Å². The van der Waals surface area contributed by atoms with E-state index in [2.05, 4.69) is 29.0 Å². The molecule has 2 fully saturated rings. The number of aromatic nitrogens is 3. The van der Waals surface area contributed by atoms with E-state index in [4.69, 9.17) is 19.4 Å². The van der Waals surface area contributed by atoms with E-state index >= 15 is 0 Å². The monoisotopic (exact) mass is 630 g/mol. The van der Waals surface area contributed by atoms with Crippen LogP contribution in [0.5, 0.6) is 0 Å². The fourth-order valence-electron chi connectivity index (χ4n) is 5.83. The van der Waals surface area contributed by atoms with Gasteiger partial charge in [0.2, 0.25) is 10.0 Å². The first-order valence-electron chi connectivity index (χ1n) is 15.2. The Balaban J connectivity index is 1.19. The van der Waals surface area contributed by atoms with Gasteiger partial charge in [0, 0.05) is 43.3 Å². The summed E-state index contributed by atoms with van der Waals surface area (Å²) in [6, 6.07) is 14.9. The minimum atomic E-state index is -3.76. The smallest absolute Gasteiger partial charge is 0.251 e. The molecule has 0 aliphatic carbocycles. The van der Waals surface area contributed by atoms with Crippen molar-refractivity contribution in [3.05, 3.63) is 77.1 Å². The van der Waals surface area contributed by atoms with Crippen LogP contribution in [-0.2, 0) is 26.0 Å². The van der Waals surface area contributed by atoms with Gasteiger partial charge >= 0.3 is 0 Å². The van der Waals surface area contributed by atoms with Crippen LogP contribution in [0.2, 0.25) is 0 Å². The molecule has 1 amide bonds. The molecule has 0 saturated carbocycles. The number of aryl methyl sites for hydroxylation is 1. The molecule has 1 unspecified atom stereocenters. The Bertz CT molecular complexity index is 1830. The summed E-state index contributed by atoms with van der Waals surface area (Å²) in [6.45, 7) is 10.7. The van der Waals surface area contributed by atoms with Crippen molar-refractivity contribution in [2.45, 2.75) is 51.3 Å². The van der Waals surface area contributed by atoms with Crippen LogP contribution in [0.25, 0.3) is 22.3 Å². The number of rotatable bonds is 7. The highest BCUT2D eigenvalue weighted by Crippen LogP contribution is 2.26. The van der Waals surface area contributed by atoms with E-state index in [1.807, 2.05) is 43.3 Å². The number of pyridine rings is 3. The molecule has 0 radical (unpaired) electrons. The first kappa shape index (κ1) is 31.0. The number of nitrogens with one attached hydrogen (secondary N) is 1. The highest BCUT2D eigenvalue weighted by molar-refractivity contribution is 7.89. The summed E-state index contributed by atoms with van der Waals surface area (Å²) in [5.41, 5.74) is 4.51. The maximum atomic E-state index is 13.4. The second-order valence-electron chi connectivity index (χ2n) is 11.7. The number of fused-ring (bicyclic) bond motifs is 1. The molecule has 0 spiro atoms. The third kappa shape index (κ3) is 6.69. The Kier molecular flexibility index (Phi) is 8.82. The molecule has 2 aliphatic rings. The fourth-order valence-corrected chi connectivity index (χ4v) is 7.56. The average Bonchev–Trinajstić information content (AvgIpc) is 3.04. The van der Waals surface area contributed by atoms with Crippen LogP contribution in [0.1, 0.15) is 41.0 Å². The molecule has 1 N–H and O–H groups in total. The molecular formula is C33H38N6O5S. The Hall–Kier alpha value is -3.97. The van der Waals surface area contributed by atoms with Gasteiger partial charge in [-0.25, -0.2) is 18.4 Å². The quantitative estimate of drug-likeness (QED) is 0.324. The van der Waals surface area contributed by atoms with E-state index in [0.717, 1.165) is 46.8 Å². The van der Waals surface area contributed by atoms with Crippen LogP contribution in [0, 0.1) is 13.8 Å². The van der Waals surface area contributed by atoms with Crippen LogP contribution >= 0.6 is 0 Å². The normalized spacial score (nSPS) is 19.5. The van der Waals surface area contributed by atoms with Crippen molar-refractivity contribution in [3.8, 4) is 11.4 Å². The first-order chi connectivity index (χ1) is 21.6. The SMILES string of the molecule is Cc1cc(C(=O)NCc2cc3nc(-c4cccc(N5CC(C)O[C@@H](C)C5)n4)ccc3cn2)cc(S(=O)(=O)N2CCOCC2)c1C. The summed E-state index contributed by atoms with van der Waals surface area (Å²) >= 11 is 0. The minimum Gasteiger partial charge on any atom is -0.379 e. The number of morpholine rings is 2. The number of sulfonamides is 1. The summed E-state index contributed by atoms with van der Waals surface area (Å²) < 4.78 is 39.4. The maximum absolute atomic E-state index is 13.4. The van der Waals surface area contributed by atoms with E-state index in [0.29, 0.717) is 24.5 Å². The molecular weight excluding hydrogens is 592 g/mol. The molecule has 6 rings (SSSR count). The predicted octanol–water partition coefficient (Wildman–Crippen LogP) is 3.87. The van der Waals surface area contributed by atoms with Crippen LogP contribution in [0.3, 0.4) is 0 Å². The number of ether oxygens (including phenoxy) is 2. The van der Waals surface area contributed by atoms with Crippen molar-refractivity contribution >= 4 is 32.7 Å². The predicted molar refractivity (Wildman–Crippen MR) is 172 cm³/mol. The van der Waals surface area contributed by atoms with Crippen molar-refractivity contribution in [3.63, 3.8) is 0 Å².